The average molecular weight is 281 g/mol. The zero-order valence-electron chi connectivity index (χ0n) is 12.0. The largest absolute Gasteiger partial charge is 0.317 e. The highest BCUT2D eigenvalue weighted by molar-refractivity contribution is 6.30. The van der Waals surface area contributed by atoms with Gasteiger partial charge in [0.25, 0.3) is 0 Å². The molecule has 1 aliphatic rings. The summed E-state index contributed by atoms with van der Waals surface area (Å²) in [6.45, 7) is 5.79. The van der Waals surface area contributed by atoms with Crippen molar-refractivity contribution in [3.8, 4) is 0 Å². The summed E-state index contributed by atoms with van der Waals surface area (Å²) in [5.74, 6) is 0.893. The molecule has 19 heavy (non-hydrogen) atoms. The summed E-state index contributed by atoms with van der Waals surface area (Å²) >= 11 is 5.92. The van der Waals surface area contributed by atoms with Gasteiger partial charge in [-0.05, 0) is 69.9 Å². The van der Waals surface area contributed by atoms with E-state index >= 15 is 0 Å². The first-order chi connectivity index (χ1) is 9.17. The highest BCUT2D eigenvalue weighted by atomic mass is 35.5. The predicted octanol–water partition coefficient (Wildman–Crippen LogP) is 3.55. The standard InChI is InChI=1S/C16H25ClN2/c1-13(18-2)11-14-7-9-19(10-8-14)12-15-3-5-16(17)6-4-15/h3-6,13-14,18H,7-12H2,1-2H3. The van der Waals surface area contributed by atoms with Crippen molar-refractivity contribution >= 4 is 11.6 Å². The molecular weight excluding hydrogens is 256 g/mol. The van der Waals surface area contributed by atoms with Crippen LogP contribution >= 0.6 is 11.6 Å². The van der Waals surface area contributed by atoms with Crippen LogP contribution in [0.2, 0.25) is 5.02 Å². The van der Waals surface area contributed by atoms with E-state index in [0.717, 1.165) is 17.5 Å². The van der Waals surface area contributed by atoms with Gasteiger partial charge in [-0.25, -0.2) is 0 Å². The summed E-state index contributed by atoms with van der Waals surface area (Å²) in [6.07, 6.45) is 3.98. The lowest BCUT2D eigenvalue weighted by molar-refractivity contribution is 0.166. The molecular formula is C16H25ClN2. The lowest BCUT2D eigenvalue weighted by Gasteiger charge is -2.33. The van der Waals surface area contributed by atoms with E-state index in [1.807, 2.05) is 12.1 Å². The third-order valence-electron chi connectivity index (χ3n) is 4.21. The van der Waals surface area contributed by atoms with Crippen LogP contribution in [0.4, 0.5) is 0 Å². The first kappa shape index (κ1) is 14.8. The predicted molar refractivity (Wildman–Crippen MR) is 82.6 cm³/mol. The molecule has 3 heteroatoms. The zero-order chi connectivity index (χ0) is 13.7. The van der Waals surface area contributed by atoms with Crippen LogP contribution in [-0.2, 0) is 6.54 Å². The molecule has 1 heterocycles. The number of likely N-dealkylation sites (tertiary alicyclic amines) is 1. The number of nitrogens with zero attached hydrogens (tertiary/aromatic N) is 1. The molecule has 1 atom stereocenters. The van der Waals surface area contributed by atoms with Gasteiger partial charge < -0.3 is 5.32 Å². The fourth-order valence-corrected chi connectivity index (χ4v) is 2.97. The van der Waals surface area contributed by atoms with Crippen molar-refractivity contribution < 1.29 is 0 Å². The fourth-order valence-electron chi connectivity index (χ4n) is 2.85. The van der Waals surface area contributed by atoms with Crippen molar-refractivity contribution in [2.75, 3.05) is 20.1 Å². The van der Waals surface area contributed by atoms with Gasteiger partial charge in [-0.2, -0.15) is 0 Å². The molecule has 1 fully saturated rings. The van der Waals surface area contributed by atoms with Gasteiger partial charge in [0.15, 0.2) is 0 Å². The van der Waals surface area contributed by atoms with Gasteiger partial charge in [-0.1, -0.05) is 23.7 Å². The van der Waals surface area contributed by atoms with E-state index in [1.54, 1.807) is 0 Å². The monoisotopic (exact) mass is 280 g/mol. The Labute approximate surface area is 122 Å². The van der Waals surface area contributed by atoms with Crippen LogP contribution in [0.5, 0.6) is 0 Å². The summed E-state index contributed by atoms with van der Waals surface area (Å²) in [5.41, 5.74) is 1.37. The third-order valence-corrected chi connectivity index (χ3v) is 4.46. The minimum atomic E-state index is 0.646. The Balaban J connectivity index is 1.75. The van der Waals surface area contributed by atoms with E-state index < -0.39 is 0 Å². The number of benzene rings is 1. The molecule has 0 spiro atoms. The van der Waals surface area contributed by atoms with Gasteiger partial charge in [0.2, 0.25) is 0 Å². The number of hydrogen-bond acceptors (Lipinski definition) is 2. The molecule has 1 saturated heterocycles. The van der Waals surface area contributed by atoms with Crippen LogP contribution in [0.3, 0.4) is 0 Å². The molecule has 1 N–H and O–H groups in total. The number of piperidine rings is 1. The van der Waals surface area contributed by atoms with Crippen molar-refractivity contribution in [3.05, 3.63) is 34.9 Å². The van der Waals surface area contributed by atoms with Crippen molar-refractivity contribution in [3.63, 3.8) is 0 Å². The van der Waals surface area contributed by atoms with Gasteiger partial charge in [0.1, 0.15) is 0 Å². The lowest BCUT2D eigenvalue weighted by Crippen LogP contribution is -2.35. The van der Waals surface area contributed by atoms with E-state index in [-0.39, 0.29) is 0 Å². The van der Waals surface area contributed by atoms with E-state index in [0.29, 0.717) is 6.04 Å². The maximum atomic E-state index is 5.92. The lowest BCUT2D eigenvalue weighted by atomic mass is 9.90. The Morgan fingerprint density at radius 2 is 1.89 bits per heavy atom. The third kappa shape index (κ3) is 4.79. The van der Waals surface area contributed by atoms with Crippen molar-refractivity contribution in [1.29, 1.82) is 0 Å². The minimum absolute atomic E-state index is 0.646. The summed E-state index contributed by atoms with van der Waals surface area (Å²) in [4.78, 5) is 2.56. The number of rotatable bonds is 5. The van der Waals surface area contributed by atoms with Crippen LogP contribution in [0.15, 0.2) is 24.3 Å². The van der Waals surface area contributed by atoms with Crippen LogP contribution in [0, 0.1) is 5.92 Å². The summed E-state index contributed by atoms with van der Waals surface area (Å²) in [6, 6.07) is 8.89. The Hall–Kier alpha value is -0.570. The quantitative estimate of drug-likeness (QED) is 0.887. The summed E-state index contributed by atoms with van der Waals surface area (Å²) < 4.78 is 0. The van der Waals surface area contributed by atoms with Gasteiger partial charge in [0, 0.05) is 17.6 Å². The van der Waals surface area contributed by atoms with Gasteiger partial charge in [0.05, 0.1) is 0 Å². The van der Waals surface area contributed by atoms with Gasteiger partial charge >= 0.3 is 0 Å². The Bertz CT molecular complexity index is 369. The summed E-state index contributed by atoms with van der Waals surface area (Å²) in [5, 5.41) is 4.17. The molecule has 106 valence electrons. The van der Waals surface area contributed by atoms with Crippen molar-refractivity contribution in [2.45, 2.75) is 38.8 Å². The molecule has 1 aromatic rings. The molecule has 1 aliphatic heterocycles. The zero-order valence-corrected chi connectivity index (χ0v) is 12.8. The van der Waals surface area contributed by atoms with Gasteiger partial charge in [-0.15, -0.1) is 0 Å². The second kappa shape index (κ2) is 7.28. The second-order valence-electron chi connectivity index (χ2n) is 5.77. The minimum Gasteiger partial charge on any atom is -0.317 e. The molecule has 0 radical (unpaired) electrons. The maximum absolute atomic E-state index is 5.92. The topological polar surface area (TPSA) is 15.3 Å². The van der Waals surface area contributed by atoms with Crippen LogP contribution < -0.4 is 5.32 Å². The average Bonchev–Trinajstić information content (AvgIpc) is 2.43. The Morgan fingerprint density at radius 3 is 2.47 bits per heavy atom. The number of halogens is 1. The number of hydrogen-bond donors (Lipinski definition) is 1. The molecule has 1 unspecified atom stereocenters. The molecule has 2 nitrogen and oxygen atoms in total. The van der Waals surface area contributed by atoms with E-state index in [4.69, 9.17) is 11.6 Å². The van der Waals surface area contributed by atoms with E-state index in [9.17, 15) is 0 Å². The van der Waals surface area contributed by atoms with E-state index in [2.05, 4.69) is 36.3 Å². The Kier molecular flexibility index (Phi) is 5.68. The molecule has 1 aromatic carbocycles. The van der Waals surface area contributed by atoms with Crippen LogP contribution in [0.25, 0.3) is 0 Å². The SMILES string of the molecule is CNC(C)CC1CCN(Cc2ccc(Cl)cc2)CC1. The van der Waals surface area contributed by atoms with Crippen LogP contribution in [-0.4, -0.2) is 31.1 Å². The highest BCUT2D eigenvalue weighted by Gasteiger charge is 2.20. The molecule has 0 amide bonds. The smallest absolute Gasteiger partial charge is 0.0406 e. The Morgan fingerprint density at radius 1 is 1.26 bits per heavy atom. The van der Waals surface area contributed by atoms with Gasteiger partial charge in [-0.3, -0.25) is 4.90 Å². The van der Waals surface area contributed by atoms with E-state index in [1.165, 1.54) is 37.9 Å². The number of nitrogens with one attached hydrogen (secondary N) is 1. The van der Waals surface area contributed by atoms with Crippen molar-refractivity contribution in [2.24, 2.45) is 5.92 Å². The molecule has 0 saturated carbocycles. The molecule has 0 bridgehead atoms. The molecule has 0 aromatic heterocycles. The van der Waals surface area contributed by atoms with Crippen LogP contribution in [0.1, 0.15) is 31.7 Å². The highest BCUT2D eigenvalue weighted by Crippen LogP contribution is 2.23. The normalized spacial score (nSPS) is 19.5. The second-order valence-corrected chi connectivity index (χ2v) is 6.21. The molecule has 0 aliphatic carbocycles. The van der Waals surface area contributed by atoms with Crippen molar-refractivity contribution in [1.82, 2.24) is 10.2 Å². The molecule has 2 rings (SSSR count). The fraction of sp³-hybridized carbons (Fsp3) is 0.625. The maximum Gasteiger partial charge on any atom is 0.0406 e. The first-order valence-corrected chi connectivity index (χ1v) is 7.69. The first-order valence-electron chi connectivity index (χ1n) is 7.31. The summed E-state index contributed by atoms with van der Waals surface area (Å²) in [7, 11) is 2.06.